The zero-order chi connectivity index (χ0) is 13.5. The van der Waals surface area contributed by atoms with Gasteiger partial charge in [-0.05, 0) is 61.8 Å². The molecule has 0 aromatic carbocycles. The third-order valence-corrected chi connectivity index (χ3v) is 5.17. The van der Waals surface area contributed by atoms with Crippen molar-refractivity contribution in [3.05, 3.63) is 29.6 Å². The Bertz CT molecular complexity index is 358. The fraction of sp³-hybridized carbons (Fsp3) is 0.688. The van der Waals surface area contributed by atoms with Gasteiger partial charge in [-0.2, -0.15) is 11.8 Å². The molecule has 3 heteroatoms. The smallest absolute Gasteiger partial charge is 0.0419 e. The van der Waals surface area contributed by atoms with Gasteiger partial charge >= 0.3 is 0 Å². The summed E-state index contributed by atoms with van der Waals surface area (Å²) in [6.07, 6.45) is 8.25. The van der Waals surface area contributed by atoms with E-state index >= 15 is 0 Å². The maximum absolute atomic E-state index is 4.59. The molecule has 19 heavy (non-hydrogen) atoms. The lowest BCUT2D eigenvalue weighted by Crippen LogP contribution is -2.31. The predicted molar refractivity (Wildman–Crippen MR) is 84.8 cm³/mol. The van der Waals surface area contributed by atoms with Crippen LogP contribution in [0.1, 0.15) is 37.4 Å². The van der Waals surface area contributed by atoms with Crippen LogP contribution in [0, 0.1) is 5.92 Å². The summed E-state index contributed by atoms with van der Waals surface area (Å²) >= 11 is 2.11. The van der Waals surface area contributed by atoms with E-state index in [4.69, 9.17) is 0 Å². The summed E-state index contributed by atoms with van der Waals surface area (Å²) in [7, 11) is 2.09. The number of nitrogens with zero attached hydrogens (tertiary/aromatic N) is 1. The number of aryl methyl sites for hydroxylation is 1. The summed E-state index contributed by atoms with van der Waals surface area (Å²) in [6, 6.07) is 4.99. The van der Waals surface area contributed by atoms with Crippen LogP contribution in [0.2, 0.25) is 0 Å². The minimum absolute atomic E-state index is 0.577. The van der Waals surface area contributed by atoms with Gasteiger partial charge in [0.2, 0.25) is 0 Å². The van der Waals surface area contributed by atoms with E-state index in [1.807, 2.05) is 6.20 Å². The lowest BCUT2D eigenvalue weighted by atomic mass is 9.92. The van der Waals surface area contributed by atoms with Crippen molar-refractivity contribution in [2.75, 3.05) is 18.6 Å². The Labute approximate surface area is 121 Å². The summed E-state index contributed by atoms with van der Waals surface area (Å²) in [5.41, 5.74) is 2.55. The number of aromatic nitrogens is 1. The molecule has 106 valence electrons. The first-order chi connectivity index (χ1) is 9.31. The molecule has 1 saturated heterocycles. The van der Waals surface area contributed by atoms with Crippen LogP contribution in [-0.2, 0) is 12.8 Å². The molecule has 0 bridgehead atoms. The second-order valence-electron chi connectivity index (χ2n) is 5.49. The van der Waals surface area contributed by atoms with E-state index in [2.05, 4.69) is 48.2 Å². The molecule has 2 rings (SSSR count). The minimum Gasteiger partial charge on any atom is -0.317 e. The monoisotopic (exact) mass is 278 g/mol. The third-order valence-electron chi connectivity index (χ3n) is 4.12. The molecule has 1 atom stereocenters. The zero-order valence-corrected chi connectivity index (χ0v) is 13.0. The highest BCUT2D eigenvalue weighted by molar-refractivity contribution is 7.99. The van der Waals surface area contributed by atoms with Gasteiger partial charge in [-0.15, -0.1) is 0 Å². The number of thioether (sulfide) groups is 1. The first-order valence-corrected chi connectivity index (χ1v) is 8.66. The van der Waals surface area contributed by atoms with Gasteiger partial charge in [-0.3, -0.25) is 4.98 Å². The lowest BCUT2D eigenvalue weighted by molar-refractivity contribution is 0.374. The summed E-state index contributed by atoms with van der Waals surface area (Å²) < 4.78 is 0. The fourth-order valence-electron chi connectivity index (χ4n) is 2.73. The molecule has 2 heterocycles. The van der Waals surface area contributed by atoms with Gasteiger partial charge in [0.1, 0.15) is 0 Å². The Morgan fingerprint density at radius 3 is 2.74 bits per heavy atom. The van der Waals surface area contributed by atoms with E-state index in [9.17, 15) is 0 Å². The topological polar surface area (TPSA) is 24.9 Å². The maximum atomic E-state index is 4.59. The van der Waals surface area contributed by atoms with E-state index in [0.29, 0.717) is 6.04 Å². The molecule has 1 aliphatic rings. The van der Waals surface area contributed by atoms with Crippen LogP contribution in [0.25, 0.3) is 0 Å². The van der Waals surface area contributed by atoms with E-state index in [1.165, 1.54) is 42.0 Å². The van der Waals surface area contributed by atoms with Crippen molar-refractivity contribution in [1.82, 2.24) is 10.3 Å². The Morgan fingerprint density at radius 1 is 1.37 bits per heavy atom. The van der Waals surface area contributed by atoms with Crippen LogP contribution in [0.4, 0.5) is 0 Å². The van der Waals surface area contributed by atoms with Gasteiger partial charge in [-0.25, -0.2) is 0 Å². The van der Waals surface area contributed by atoms with Crippen molar-refractivity contribution in [2.45, 2.75) is 45.1 Å². The molecule has 0 radical (unpaired) electrons. The summed E-state index contributed by atoms with van der Waals surface area (Å²) in [6.45, 7) is 2.17. The highest BCUT2D eigenvalue weighted by atomic mass is 32.2. The molecule has 1 aromatic heterocycles. The van der Waals surface area contributed by atoms with Gasteiger partial charge in [0.05, 0.1) is 0 Å². The molecule has 1 fully saturated rings. The second-order valence-corrected chi connectivity index (χ2v) is 6.72. The van der Waals surface area contributed by atoms with E-state index in [1.54, 1.807) is 0 Å². The highest BCUT2D eigenvalue weighted by Crippen LogP contribution is 2.26. The third kappa shape index (κ3) is 4.81. The number of rotatable bonds is 6. The minimum atomic E-state index is 0.577. The van der Waals surface area contributed by atoms with E-state index in [-0.39, 0.29) is 0 Å². The van der Waals surface area contributed by atoms with E-state index < -0.39 is 0 Å². The first-order valence-electron chi connectivity index (χ1n) is 7.50. The number of hydrogen-bond donors (Lipinski definition) is 1. The fourth-order valence-corrected chi connectivity index (χ4v) is 3.93. The van der Waals surface area contributed by atoms with Crippen molar-refractivity contribution in [2.24, 2.45) is 5.92 Å². The normalized spacial score (nSPS) is 18.4. The largest absolute Gasteiger partial charge is 0.317 e. The Morgan fingerprint density at radius 2 is 2.16 bits per heavy atom. The molecule has 1 aromatic rings. The van der Waals surface area contributed by atoms with Crippen molar-refractivity contribution >= 4 is 11.8 Å². The summed E-state index contributed by atoms with van der Waals surface area (Å²) in [4.78, 5) is 4.59. The Balaban J connectivity index is 1.86. The molecule has 1 unspecified atom stereocenters. The van der Waals surface area contributed by atoms with Crippen LogP contribution in [0.5, 0.6) is 0 Å². The Kier molecular flexibility index (Phi) is 6.18. The SMILES string of the molecule is CCc1ccc(CC(CC2CCSCC2)NC)nc1. The van der Waals surface area contributed by atoms with Gasteiger partial charge in [-0.1, -0.05) is 13.0 Å². The Hall–Kier alpha value is -0.540. The van der Waals surface area contributed by atoms with Crippen LogP contribution < -0.4 is 5.32 Å². The van der Waals surface area contributed by atoms with Crippen LogP contribution >= 0.6 is 11.8 Å². The summed E-state index contributed by atoms with van der Waals surface area (Å²) in [5.74, 6) is 3.61. The van der Waals surface area contributed by atoms with Crippen molar-refractivity contribution < 1.29 is 0 Å². The molecule has 0 spiro atoms. The van der Waals surface area contributed by atoms with Crippen molar-refractivity contribution in [1.29, 1.82) is 0 Å². The van der Waals surface area contributed by atoms with Crippen molar-refractivity contribution in [3.8, 4) is 0 Å². The molecule has 0 amide bonds. The number of hydrogen-bond acceptors (Lipinski definition) is 3. The molecular formula is C16H26N2S. The van der Waals surface area contributed by atoms with Gasteiger partial charge in [0.15, 0.2) is 0 Å². The van der Waals surface area contributed by atoms with Crippen LogP contribution in [-0.4, -0.2) is 29.6 Å². The molecular weight excluding hydrogens is 252 g/mol. The van der Waals surface area contributed by atoms with Gasteiger partial charge < -0.3 is 5.32 Å². The summed E-state index contributed by atoms with van der Waals surface area (Å²) in [5, 5.41) is 3.48. The van der Waals surface area contributed by atoms with Crippen molar-refractivity contribution in [3.63, 3.8) is 0 Å². The number of likely N-dealkylation sites (N-methyl/N-ethyl adjacent to an activating group) is 1. The molecule has 0 saturated carbocycles. The molecule has 2 nitrogen and oxygen atoms in total. The maximum Gasteiger partial charge on any atom is 0.0419 e. The zero-order valence-electron chi connectivity index (χ0n) is 12.2. The molecule has 0 aliphatic carbocycles. The standard InChI is InChI=1S/C16H26N2S/c1-3-13-4-5-15(18-12-13)11-16(17-2)10-14-6-8-19-9-7-14/h4-5,12,14,16-17H,3,6-11H2,1-2H3. The average molecular weight is 278 g/mol. The van der Waals surface area contributed by atoms with Crippen LogP contribution in [0.3, 0.4) is 0 Å². The average Bonchev–Trinajstić information content (AvgIpc) is 2.48. The molecule has 1 aliphatic heterocycles. The number of pyridine rings is 1. The quantitative estimate of drug-likeness (QED) is 0.864. The first kappa shape index (κ1) is 14.9. The number of nitrogens with one attached hydrogen (secondary N) is 1. The van der Waals surface area contributed by atoms with Crippen LogP contribution in [0.15, 0.2) is 18.3 Å². The molecule has 1 N–H and O–H groups in total. The van der Waals surface area contributed by atoms with Gasteiger partial charge in [0.25, 0.3) is 0 Å². The predicted octanol–water partition coefficient (Wildman–Crippen LogP) is 3.31. The van der Waals surface area contributed by atoms with E-state index in [0.717, 1.165) is 18.8 Å². The van der Waals surface area contributed by atoms with Gasteiger partial charge in [0, 0.05) is 24.4 Å². The highest BCUT2D eigenvalue weighted by Gasteiger charge is 2.18. The lowest BCUT2D eigenvalue weighted by Gasteiger charge is -2.26. The second kappa shape index (κ2) is 7.91.